The summed E-state index contributed by atoms with van der Waals surface area (Å²) < 4.78 is 5.13. The molecule has 0 aromatic carbocycles. The van der Waals surface area contributed by atoms with Crippen molar-refractivity contribution in [1.82, 2.24) is 9.88 Å². The number of amides is 1. The lowest BCUT2D eigenvalue weighted by molar-refractivity contribution is 0.0753. The van der Waals surface area contributed by atoms with Crippen LogP contribution in [-0.4, -0.2) is 28.9 Å². The summed E-state index contributed by atoms with van der Waals surface area (Å²) in [7, 11) is 0. The molecular weight excluding hydrogens is 180 g/mol. The maximum Gasteiger partial charge on any atom is 0.309 e. The summed E-state index contributed by atoms with van der Waals surface area (Å²) in [6, 6.07) is 0. The quantitative estimate of drug-likeness (QED) is 0.716. The molecule has 14 heavy (non-hydrogen) atoms. The molecule has 1 fully saturated rings. The Hall–Kier alpha value is -1.32. The summed E-state index contributed by atoms with van der Waals surface area (Å²) in [6.07, 6.45) is 4.54. The van der Waals surface area contributed by atoms with Gasteiger partial charge in [-0.2, -0.15) is 0 Å². The van der Waals surface area contributed by atoms with E-state index < -0.39 is 0 Å². The third-order valence-electron chi connectivity index (χ3n) is 2.49. The molecule has 4 heteroatoms. The number of carbonyl (C=O) groups is 1. The summed E-state index contributed by atoms with van der Waals surface area (Å²) in [4.78, 5) is 17.7. The summed E-state index contributed by atoms with van der Waals surface area (Å²) in [6.45, 7) is 3.66. The normalized spacial score (nSPS) is 16.2. The highest BCUT2D eigenvalue weighted by Crippen LogP contribution is 2.12. The second-order valence-corrected chi connectivity index (χ2v) is 3.50. The Labute approximate surface area is 82.9 Å². The van der Waals surface area contributed by atoms with Crippen LogP contribution in [0.1, 0.15) is 36.1 Å². The minimum atomic E-state index is -0.0674. The zero-order valence-electron chi connectivity index (χ0n) is 8.32. The van der Waals surface area contributed by atoms with Crippen molar-refractivity contribution in [2.45, 2.75) is 26.2 Å². The number of nitrogens with zero attached hydrogens (tertiary/aromatic N) is 2. The average Bonchev–Trinajstić information content (AvgIpc) is 2.88. The summed E-state index contributed by atoms with van der Waals surface area (Å²) in [5.41, 5.74) is 0.840. The van der Waals surface area contributed by atoms with E-state index in [4.69, 9.17) is 4.42 Å². The first-order valence-corrected chi connectivity index (χ1v) is 5.05. The monoisotopic (exact) mass is 194 g/mol. The number of rotatable bonds is 2. The van der Waals surface area contributed by atoms with Crippen LogP contribution in [0.4, 0.5) is 0 Å². The number of hydrogen-bond donors (Lipinski definition) is 0. The van der Waals surface area contributed by atoms with E-state index in [1.165, 1.54) is 0 Å². The van der Waals surface area contributed by atoms with Crippen molar-refractivity contribution in [1.29, 1.82) is 0 Å². The van der Waals surface area contributed by atoms with E-state index in [9.17, 15) is 4.79 Å². The van der Waals surface area contributed by atoms with Crippen molar-refractivity contribution in [3.8, 4) is 0 Å². The lowest BCUT2D eigenvalue weighted by atomic mass is 10.4. The van der Waals surface area contributed by atoms with E-state index in [1.54, 1.807) is 11.2 Å². The van der Waals surface area contributed by atoms with Gasteiger partial charge in [0.15, 0.2) is 0 Å². The van der Waals surface area contributed by atoms with E-state index in [1.807, 2.05) is 6.92 Å². The van der Waals surface area contributed by atoms with Crippen LogP contribution in [0.25, 0.3) is 0 Å². The fourth-order valence-electron chi connectivity index (χ4n) is 1.62. The van der Waals surface area contributed by atoms with Crippen LogP contribution in [0.5, 0.6) is 0 Å². The van der Waals surface area contributed by atoms with Gasteiger partial charge in [-0.15, -0.1) is 0 Å². The number of aromatic nitrogens is 1. The van der Waals surface area contributed by atoms with Crippen molar-refractivity contribution in [2.24, 2.45) is 0 Å². The second-order valence-electron chi connectivity index (χ2n) is 3.50. The van der Waals surface area contributed by atoms with Crippen molar-refractivity contribution >= 4 is 5.91 Å². The molecule has 0 saturated carbocycles. The average molecular weight is 194 g/mol. The van der Waals surface area contributed by atoms with Crippen molar-refractivity contribution in [2.75, 3.05) is 13.1 Å². The van der Waals surface area contributed by atoms with Crippen LogP contribution in [0, 0.1) is 0 Å². The summed E-state index contributed by atoms with van der Waals surface area (Å²) in [5.74, 6) is 0.172. The Kier molecular flexibility index (Phi) is 2.52. The summed E-state index contributed by atoms with van der Waals surface area (Å²) >= 11 is 0. The number of hydrogen-bond acceptors (Lipinski definition) is 3. The number of aryl methyl sites for hydroxylation is 1. The van der Waals surface area contributed by atoms with Gasteiger partial charge in [0.05, 0.1) is 5.69 Å². The number of carbonyl (C=O) groups excluding carboxylic acids is 1. The van der Waals surface area contributed by atoms with Gasteiger partial charge in [-0.05, 0) is 19.3 Å². The molecule has 1 saturated heterocycles. The maximum atomic E-state index is 11.7. The van der Waals surface area contributed by atoms with E-state index in [-0.39, 0.29) is 11.8 Å². The first-order valence-electron chi connectivity index (χ1n) is 5.05. The Morgan fingerprint density at radius 2 is 2.29 bits per heavy atom. The van der Waals surface area contributed by atoms with Gasteiger partial charge in [-0.3, -0.25) is 4.79 Å². The molecule has 0 unspecified atom stereocenters. The largest absolute Gasteiger partial charge is 0.441 e. The highest BCUT2D eigenvalue weighted by molar-refractivity contribution is 5.89. The van der Waals surface area contributed by atoms with Gasteiger partial charge in [0.2, 0.25) is 0 Å². The molecule has 1 aliphatic rings. The van der Waals surface area contributed by atoms with Crippen LogP contribution in [0.2, 0.25) is 0 Å². The van der Waals surface area contributed by atoms with Gasteiger partial charge in [0.25, 0.3) is 5.89 Å². The molecule has 0 N–H and O–H groups in total. The molecule has 0 radical (unpaired) electrons. The highest BCUT2D eigenvalue weighted by Gasteiger charge is 2.23. The van der Waals surface area contributed by atoms with Gasteiger partial charge in [0, 0.05) is 13.1 Å². The van der Waals surface area contributed by atoms with Crippen LogP contribution in [0.15, 0.2) is 10.7 Å². The third kappa shape index (κ3) is 1.64. The lowest BCUT2D eigenvalue weighted by Crippen LogP contribution is -2.27. The van der Waals surface area contributed by atoms with Gasteiger partial charge < -0.3 is 9.32 Å². The van der Waals surface area contributed by atoms with E-state index >= 15 is 0 Å². The predicted octanol–water partition coefficient (Wildman–Crippen LogP) is 1.47. The fourth-order valence-corrected chi connectivity index (χ4v) is 1.62. The molecule has 0 atom stereocenters. The zero-order chi connectivity index (χ0) is 9.97. The molecule has 4 nitrogen and oxygen atoms in total. The second kappa shape index (κ2) is 3.82. The van der Waals surface area contributed by atoms with E-state index in [2.05, 4.69) is 4.98 Å². The standard InChI is InChI=1S/C10H14N2O2/c1-2-8-7-14-9(11-8)10(13)12-5-3-4-6-12/h7H,2-6H2,1H3. The minimum absolute atomic E-state index is 0.0674. The van der Waals surface area contributed by atoms with Crippen LogP contribution in [0.3, 0.4) is 0 Å². The third-order valence-corrected chi connectivity index (χ3v) is 2.49. The first kappa shape index (κ1) is 9.24. The fraction of sp³-hybridized carbons (Fsp3) is 0.600. The Bertz CT molecular complexity index is 327. The molecule has 1 aliphatic heterocycles. The van der Waals surface area contributed by atoms with Crippen LogP contribution < -0.4 is 0 Å². The zero-order valence-corrected chi connectivity index (χ0v) is 8.32. The minimum Gasteiger partial charge on any atom is -0.441 e. The lowest BCUT2D eigenvalue weighted by Gasteiger charge is -2.11. The Morgan fingerprint density at radius 1 is 1.57 bits per heavy atom. The summed E-state index contributed by atoms with van der Waals surface area (Å²) in [5, 5.41) is 0. The van der Waals surface area contributed by atoms with Crippen molar-refractivity contribution in [3.05, 3.63) is 17.8 Å². The molecule has 1 amide bonds. The molecule has 0 aliphatic carbocycles. The van der Waals surface area contributed by atoms with Gasteiger partial charge in [0.1, 0.15) is 6.26 Å². The maximum absolute atomic E-state index is 11.7. The molecule has 2 heterocycles. The Balaban J connectivity index is 2.09. The van der Waals surface area contributed by atoms with Crippen LogP contribution in [-0.2, 0) is 6.42 Å². The SMILES string of the molecule is CCc1coc(C(=O)N2CCCC2)n1. The van der Waals surface area contributed by atoms with Gasteiger partial charge in [-0.1, -0.05) is 6.92 Å². The smallest absolute Gasteiger partial charge is 0.309 e. The topological polar surface area (TPSA) is 46.3 Å². The molecular formula is C10H14N2O2. The Morgan fingerprint density at radius 3 is 2.86 bits per heavy atom. The molecule has 0 spiro atoms. The highest BCUT2D eigenvalue weighted by atomic mass is 16.4. The van der Waals surface area contributed by atoms with Gasteiger partial charge >= 0.3 is 5.91 Å². The number of oxazole rings is 1. The number of likely N-dealkylation sites (tertiary alicyclic amines) is 1. The van der Waals surface area contributed by atoms with Gasteiger partial charge in [-0.25, -0.2) is 4.98 Å². The molecule has 76 valence electrons. The van der Waals surface area contributed by atoms with E-state index in [0.717, 1.165) is 38.0 Å². The predicted molar refractivity (Wildman–Crippen MR) is 51.0 cm³/mol. The molecule has 2 rings (SSSR count). The molecule has 1 aromatic heterocycles. The van der Waals surface area contributed by atoms with E-state index in [0.29, 0.717) is 0 Å². The first-order chi connectivity index (χ1) is 6.81. The van der Waals surface area contributed by atoms with Crippen molar-refractivity contribution < 1.29 is 9.21 Å². The van der Waals surface area contributed by atoms with Crippen molar-refractivity contribution in [3.63, 3.8) is 0 Å². The molecule has 1 aromatic rings. The van der Waals surface area contributed by atoms with Crippen LogP contribution >= 0.6 is 0 Å². The molecule has 0 bridgehead atoms.